The van der Waals surface area contributed by atoms with Crippen molar-refractivity contribution in [2.24, 2.45) is 0 Å². The third-order valence-electron chi connectivity index (χ3n) is 4.11. The Morgan fingerprint density at radius 3 is 2.91 bits per heavy atom. The second kappa shape index (κ2) is 6.77. The minimum Gasteiger partial charge on any atom is -0.496 e. The lowest BCUT2D eigenvalue weighted by Gasteiger charge is -2.14. The Bertz CT molecular complexity index is 654. The van der Waals surface area contributed by atoms with E-state index in [-0.39, 0.29) is 18.1 Å². The standard InChI is InChI=1S/C18H22N2O3/c1-12(10-13-6-5-9-23-13)19-18(21)20-16-11-15(16)14-7-3-4-8-17(14)22-2/h3-9,12,15-16H,10-11H2,1-2H3,(H2,19,20,21)/t12-,15-,16-/m0/s1. The first kappa shape index (κ1) is 15.5. The van der Waals surface area contributed by atoms with E-state index in [0.29, 0.717) is 12.3 Å². The van der Waals surface area contributed by atoms with Gasteiger partial charge in [-0.05, 0) is 37.1 Å². The van der Waals surface area contributed by atoms with Crippen LogP contribution in [0.1, 0.15) is 30.6 Å². The molecule has 1 aromatic heterocycles. The first-order chi connectivity index (χ1) is 11.2. The van der Waals surface area contributed by atoms with Gasteiger partial charge in [-0.25, -0.2) is 4.79 Å². The lowest BCUT2D eigenvalue weighted by Crippen LogP contribution is -2.42. The van der Waals surface area contributed by atoms with Crippen molar-refractivity contribution in [3.63, 3.8) is 0 Å². The van der Waals surface area contributed by atoms with Gasteiger partial charge in [0.1, 0.15) is 11.5 Å². The molecule has 5 nitrogen and oxygen atoms in total. The van der Waals surface area contributed by atoms with Gasteiger partial charge in [0.25, 0.3) is 0 Å². The Morgan fingerprint density at radius 1 is 1.35 bits per heavy atom. The van der Waals surface area contributed by atoms with Crippen molar-refractivity contribution in [1.29, 1.82) is 0 Å². The highest BCUT2D eigenvalue weighted by molar-refractivity contribution is 5.75. The van der Waals surface area contributed by atoms with E-state index in [1.54, 1.807) is 13.4 Å². The van der Waals surface area contributed by atoms with Crippen molar-refractivity contribution in [1.82, 2.24) is 10.6 Å². The van der Waals surface area contributed by atoms with Crippen LogP contribution in [-0.2, 0) is 6.42 Å². The SMILES string of the molecule is COc1ccccc1[C@@H]1C[C@@H]1NC(=O)N[C@@H](C)Cc1ccco1. The monoisotopic (exact) mass is 314 g/mol. The van der Waals surface area contributed by atoms with Crippen LogP contribution >= 0.6 is 0 Å². The van der Waals surface area contributed by atoms with Gasteiger partial charge in [-0.15, -0.1) is 0 Å². The molecule has 2 amide bonds. The second-order valence-electron chi connectivity index (χ2n) is 5.99. The Morgan fingerprint density at radius 2 is 2.17 bits per heavy atom. The van der Waals surface area contributed by atoms with Gasteiger partial charge in [0.2, 0.25) is 0 Å². The van der Waals surface area contributed by atoms with E-state index in [2.05, 4.69) is 16.7 Å². The maximum Gasteiger partial charge on any atom is 0.315 e. The number of urea groups is 1. The minimum absolute atomic E-state index is 0.0182. The Hall–Kier alpha value is -2.43. The van der Waals surface area contributed by atoms with Crippen LogP contribution in [0.2, 0.25) is 0 Å². The number of methoxy groups -OCH3 is 1. The summed E-state index contributed by atoms with van der Waals surface area (Å²) in [5, 5.41) is 5.98. The fourth-order valence-electron chi connectivity index (χ4n) is 2.89. The molecule has 23 heavy (non-hydrogen) atoms. The zero-order valence-corrected chi connectivity index (χ0v) is 13.4. The number of nitrogens with one attached hydrogen (secondary N) is 2. The summed E-state index contributed by atoms with van der Waals surface area (Å²) in [4.78, 5) is 12.1. The van der Waals surface area contributed by atoms with Crippen molar-refractivity contribution in [3.8, 4) is 5.75 Å². The Kier molecular flexibility index (Phi) is 4.55. The Labute approximate surface area is 136 Å². The van der Waals surface area contributed by atoms with Gasteiger partial charge in [-0.3, -0.25) is 0 Å². The number of hydrogen-bond acceptors (Lipinski definition) is 3. The van der Waals surface area contributed by atoms with Gasteiger partial charge < -0.3 is 19.8 Å². The number of carbonyl (C=O) groups is 1. The quantitative estimate of drug-likeness (QED) is 0.861. The van der Waals surface area contributed by atoms with Crippen LogP contribution in [-0.4, -0.2) is 25.2 Å². The van der Waals surface area contributed by atoms with Gasteiger partial charge in [0.05, 0.1) is 13.4 Å². The summed E-state index contributed by atoms with van der Waals surface area (Å²) in [6.07, 6.45) is 3.27. The number of furan rings is 1. The third-order valence-corrected chi connectivity index (χ3v) is 4.11. The smallest absolute Gasteiger partial charge is 0.315 e. The molecule has 0 spiro atoms. The summed E-state index contributed by atoms with van der Waals surface area (Å²) in [6, 6.07) is 11.8. The van der Waals surface area contributed by atoms with E-state index in [1.165, 1.54) is 0 Å². The van der Waals surface area contributed by atoms with E-state index >= 15 is 0 Å². The van der Waals surface area contributed by atoms with E-state index in [9.17, 15) is 4.79 Å². The summed E-state index contributed by atoms with van der Waals surface area (Å²) in [6.45, 7) is 1.96. The van der Waals surface area contributed by atoms with Gasteiger partial charge >= 0.3 is 6.03 Å². The average molecular weight is 314 g/mol. The summed E-state index contributed by atoms with van der Waals surface area (Å²) in [7, 11) is 1.67. The predicted octanol–water partition coefficient (Wildman–Crippen LogP) is 3.07. The summed E-state index contributed by atoms with van der Waals surface area (Å²) in [5.74, 6) is 2.08. The lowest BCUT2D eigenvalue weighted by molar-refractivity contribution is 0.236. The van der Waals surface area contributed by atoms with Crippen molar-refractivity contribution in [2.75, 3.05) is 7.11 Å². The number of rotatable bonds is 6. The van der Waals surface area contributed by atoms with Crippen LogP contribution in [0, 0.1) is 0 Å². The molecule has 0 saturated heterocycles. The van der Waals surface area contributed by atoms with Crippen LogP contribution in [0.5, 0.6) is 5.75 Å². The van der Waals surface area contributed by atoms with E-state index < -0.39 is 0 Å². The molecule has 1 heterocycles. The normalized spacial score (nSPS) is 20.6. The molecule has 2 N–H and O–H groups in total. The molecule has 122 valence electrons. The fraction of sp³-hybridized carbons (Fsp3) is 0.389. The zero-order valence-electron chi connectivity index (χ0n) is 13.4. The molecule has 1 saturated carbocycles. The van der Waals surface area contributed by atoms with Gasteiger partial charge in [0.15, 0.2) is 0 Å². The summed E-state index contributed by atoms with van der Waals surface area (Å²) in [5.41, 5.74) is 1.16. The maximum atomic E-state index is 12.1. The van der Waals surface area contributed by atoms with Crippen LogP contribution in [0.3, 0.4) is 0 Å². The van der Waals surface area contributed by atoms with Crippen LogP contribution < -0.4 is 15.4 Å². The minimum atomic E-state index is -0.133. The molecule has 3 atom stereocenters. The average Bonchev–Trinajstić information content (AvgIpc) is 3.09. The molecular weight excluding hydrogens is 292 g/mol. The van der Waals surface area contributed by atoms with Crippen molar-refractivity contribution in [3.05, 3.63) is 54.0 Å². The third kappa shape index (κ3) is 3.86. The first-order valence-electron chi connectivity index (χ1n) is 7.89. The highest BCUT2D eigenvalue weighted by Crippen LogP contribution is 2.44. The summed E-state index contributed by atoms with van der Waals surface area (Å²) >= 11 is 0. The number of ether oxygens (including phenoxy) is 1. The van der Waals surface area contributed by atoms with Crippen molar-refractivity contribution >= 4 is 6.03 Å². The van der Waals surface area contributed by atoms with Gasteiger partial charge in [0, 0.05) is 24.4 Å². The first-order valence-corrected chi connectivity index (χ1v) is 7.89. The molecule has 0 unspecified atom stereocenters. The van der Waals surface area contributed by atoms with Gasteiger partial charge in [-0.1, -0.05) is 18.2 Å². The van der Waals surface area contributed by atoms with E-state index in [0.717, 1.165) is 23.5 Å². The second-order valence-corrected chi connectivity index (χ2v) is 5.99. The van der Waals surface area contributed by atoms with E-state index in [4.69, 9.17) is 9.15 Å². The van der Waals surface area contributed by atoms with Gasteiger partial charge in [-0.2, -0.15) is 0 Å². The van der Waals surface area contributed by atoms with Crippen molar-refractivity contribution < 1.29 is 13.9 Å². The molecule has 3 rings (SSSR count). The zero-order chi connectivity index (χ0) is 16.2. The number of amides is 2. The van der Waals surface area contributed by atoms with Crippen LogP contribution in [0.25, 0.3) is 0 Å². The largest absolute Gasteiger partial charge is 0.496 e. The van der Waals surface area contributed by atoms with E-state index in [1.807, 2.05) is 37.3 Å². The number of benzene rings is 1. The highest BCUT2D eigenvalue weighted by atomic mass is 16.5. The molecular formula is C18H22N2O3. The maximum absolute atomic E-state index is 12.1. The number of hydrogen-bond donors (Lipinski definition) is 2. The molecule has 1 aromatic carbocycles. The molecule has 1 aliphatic carbocycles. The number of para-hydroxylation sites is 1. The molecule has 1 fully saturated rings. The topological polar surface area (TPSA) is 63.5 Å². The van der Waals surface area contributed by atoms with Crippen LogP contribution in [0.4, 0.5) is 4.79 Å². The lowest BCUT2D eigenvalue weighted by atomic mass is 10.1. The van der Waals surface area contributed by atoms with Crippen LogP contribution in [0.15, 0.2) is 47.1 Å². The molecule has 1 aliphatic rings. The molecule has 0 radical (unpaired) electrons. The molecule has 2 aromatic rings. The van der Waals surface area contributed by atoms with Crippen molar-refractivity contribution in [2.45, 2.75) is 37.8 Å². The molecule has 0 aliphatic heterocycles. The molecule has 0 bridgehead atoms. The highest BCUT2D eigenvalue weighted by Gasteiger charge is 2.41. The molecule has 5 heteroatoms. The fourth-order valence-corrected chi connectivity index (χ4v) is 2.89. The summed E-state index contributed by atoms with van der Waals surface area (Å²) < 4.78 is 10.7. The Balaban J connectivity index is 1.48. The number of carbonyl (C=O) groups excluding carboxylic acids is 1. The predicted molar refractivity (Wildman–Crippen MR) is 87.7 cm³/mol.